The van der Waals surface area contributed by atoms with Crippen molar-refractivity contribution < 1.29 is 18.6 Å². The topological polar surface area (TPSA) is 39.7 Å². The number of nitrogens with one attached hydrogen (secondary N) is 1. The quantitative estimate of drug-likeness (QED) is 0.710. The molecule has 4 nitrogen and oxygen atoms in total. The average Bonchev–Trinajstić information content (AvgIpc) is 2.48. The molecule has 1 aromatic carbocycles. The largest absolute Gasteiger partial charge is 0.488 e. The Balaban J connectivity index is 1.86. The van der Waals surface area contributed by atoms with Crippen molar-refractivity contribution in [2.75, 3.05) is 26.9 Å². The Bertz CT molecular complexity index is 412. The van der Waals surface area contributed by atoms with Crippen molar-refractivity contribution in [1.29, 1.82) is 0 Å². The van der Waals surface area contributed by atoms with Crippen LogP contribution in [0.1, 0.15) is 19.8 Å². The zero-order chi connectivity index (χ0) is 15.1. The Labute approximate surface area is 125 Å². The third-order valence-corrected chi connectivity index (χ3v) is 3.60. The molecule has 5 heteroatoms. The van der Waals surface area contributed by atoms with Crippen molar-refractivity contribution in [2.24, 2.45) is 0 Å². The number of hydrogen-bond donors (Lipinski definition) is 1. The highest BCUT2D eigenvalue weighted by Gasteiger charge is 2.43. The van der Waals surface area contributed by atoms with E-state index < -0.39 is 0 Å². The lowest BCUT2D eigenvalue weighted by Gasteiger charge is -2.44. The second-order valence-electron chi connectivity index (χ2n) is 5.23. The molecular weight excluding hydrogens is 273 g/mol. The highest BCUT2D eigenvalue weighted by molar-refractivity contribution is 5.23. The Morgan fingerprint density at radius 1 is 1.24 bits per heavy atom. The maximum Gasteiger partial charge on any atom is 0.128 e. The third kappa shape index (κ3) is 4.66. The fourth-order valence-corrected chi connectivity index (χ4v) is 2.41. The number of rotatable bonds is 9. The summed E-state index contributed by atoms with van der Waals surface area (Å²) in [6.45, 7) is 4.23. The summed E-state index contributed by atoms with van der Waals surface area (Å²) >= 11 is 0. The molecule has 1 aliphatic rings. The maximum absolute atomic E-state index is 12.9. The predicted octanol–water partition coefficient (Wildman–Crippen LogP) is 2.38. The van der Waals surface area contributed by atoms with Gasteiger partial charge in [0.05, 0.1) is 13.2 Å². The summed E-state index contributed by atoms with van der Waals surface area (Å²) in [7, 11) is 1.66. The number of ether oxygens (including phenoxy) is 3. The Morgan fingerprint density at radius 2 is 2.00 bits per heavy atom. The smallest absolute Gasteiger partial charge is 0.128 e. The first-order chi connectivity index (χ1) is 10.2. The molecule has 1 aliphatic carbocycles. The standard InChI is InChI=1S/C16H24FNO3/c1-3-8-18-14-11-15(16(14)20-10-9-19-2)21-13-6-4-12(17)5-7-13/h4-7,14-16,18H,3,8-11H2,1-2H3. The molecular formula is C16H24FNO3. The molecule has 3 unspecified atom stereocenters. The van der Waals surface area contributed by atoms with Crippen LogP contribution in [-0.2, 0) is 9.47 Å². The molecule has 1 aromatic rings. The lowest BCUT2D eigenvalue weighted by Crippen LogP contribution is -2.61. The van der Waals surface area contributed by atoms with Gasteiger partial charge < -0.3 is 19.5 Å². The van der Waals surface area contributed by atoms with Crippen LogP contribution in [-0.4, -0.2) is 45.1 Å². The predicted molar refractivity (Wildman–Crippen MR) is 79.1 cm³/mol. The second-order valence-corrected chi connectivity index (χ2v) is 5.23. The summed E-state index contributed by atoms with van der Waals surface area (Å²) in [5.74, 6) is 0.419. The first kappa shape index (κ1) is 16.2. The van der Waals surface area contributed by atoms with E-state index in [4.69, 9.17) is 14.2 Å². The van der Waals surface area contributed by atoms with Gasteiger partial charge in [0.1, 0.15) is 23.8 Å². The highest BCUT2D eigenvalue weighted by Crippen LogP contribution is 2.29. The molecule has 3 atom stereocenters. The lowest BCUT2D eigenvalue weighted by atomic mass is 9.85. The van der Waals surface area contributed by atoms with Crippen LogP contribution >= 0.6 is 0 Å². The molecule has 2 rings (SSSR count). The first-order valence-corrected chi connectivity index (χ1v) is 7.50. The zero-order valence-corrected chi connectivity index (χ0v) is 12.7. The molecule has 1 N–H and O–H groups in total. The summed E-state index contributed by atoms with van der Waals surface area (Å²) in [4.78, 5) is 0. The Hall–Kier alpha value is -1.17. The maximum atomic E-state index is 12.9. The molecule has 0 heterocycles. The van der Waals surface area contributed by atoms with Crippen LogP contribution in [0.25, 0.3) is 0 Å². The lowest BCUT2D eigenvalue weighted by molar-refractivity contribution is -0.115. The van der Waals surface area contributed by atoms with Gasteiger partial charge in [-0.05, 0) is 37.2 Å². The van der Waals surface area contributed by atoms with E-state index in [1.165, 1.54) is 12.1 Å². The molecule has 0 bridgehead atoms. The van der Waals surface area contributed by atoms with E-state index in [0.29, 0.717) is 25.0 Å². The van der Waals surface area contributed by atoms with Crippen LogP contribution < -0.4 is 10.1 Å². The average molecular weight is 297 g/mol. The first-order valence-electron chi connectivity index (χ1n) is 7.50. The van der Waals surface area contributed by atoms with E-state index in [1.807, 2.05) is 0 Å². The number of halogens is 1. The van der Waals surface area contributed by atoms with Gasteiger partial charge in [-0.25, -0.2) is 4.39 Å². The molecule has 0 aliphatic heterocycles. The van der Waals surface area contributed by atoms with Gasteiger partial charge >= 0.3 is 0 Å². The molecule has 118 valence electrons. The van der Waals surface area contributed by atoms with Crippen LogP contribution in [0.2, 0.25) is 0 Å². The fraction of sp³-hybridized carbons (Fsp3) is 0.625. The fourth-order valence-electron chi connectivity index (χ4n) is 2.41. The molecule has 0 saturated heterocycles. The van der Waals surface area contributed by atoms with Gasteiger partial charge in [-0.2, -0.15) is 0 Å². The van der Waals surface area contributed by atoms with Crippen LogP contribution in [0.5, 0.6) is 5.75 Å². The van der Waals surface area contributed by atoms with Crippen LogP contribution in [0, 0.1) is 5.82 Å². The number of methoxy groups -OCH3 is 1. The van der Waals surface area contributed by atoms with E-state index in [0.717, 1.165) is 19.4 Å². The van der Waals surface area contributed by atoms with Crippen molar-refractivity contribution in [1.82, 2.24) is 5.32 Å². The molecule has 0 radical (unpaired) electrons. The van der Waals surface area contributed by atoms with Crippen LogP contribution in [0.3, 0.4) is 0 Å². The van der Waals surface area contributed by atoms with Crippen molar-refractivity contribution >= 4 is 0 Å². The second kappa shape index (κ2) is 8.32. The van der Waals surface area contributed by atoms with Crippen molar-refractivity contribution in [3.63, 3.8) is 0 Å². The Morgan fingerprint density at radius 3 is 2.67 bits per heavy atom. The third-order valence-electron chi connectivity index (χ3n) is 3.60. The highest BCUT2D eigenvalue weighted by atomic mass is 19.1. The van der Waals surface area contributed by atoms with E-state index >= 15 is 0 Å². The van der Waals surface area contributed by atoms with E-state index in [1.54, 1.807) is 19.2 Å². The van der Waals surface area contributed by atoms with Crippen molar-refractivity contribution in [3.8, 4) is 5.75 Å². The molecule has 1 saturated carbocycles. The number of hydrogen-bond acceptors (Lipinski definition) is 4. The normalized spacial score (nSPS) is 24.6. The van der Waals surface area contributed by atoms with Crippen LogP contribution in [0.15, 0.2) is 24.3 Å². The summed E-state index contributed by atoms with van der Waals surface area (Å²) in [5, 5.41) is 3.46. The Kier molecular flexibility index (Phi) is 6.42. The van der Waals surface area contributed by atoms with Crippen molar-refractivity contribution in [3.05, 3.63) is 30.1 Å². The van der Waals surface area contributed by atoms with E-state index in [2.05, 4.69) is 12.2 Å². The van der Waals surface area contributed by atoms with E-state index in [9.17, 15) is 4.39 Å². The minimum atomic E-state index is -0.258. The molecule has 0 amide bonds. The van der Waals surface area contributed by atoms with Gasteiger partial charge in [0.15, 0.2) is 0 Å². The monoisotopic (exact) mass is 297 g/mol. The molecule has 1 fully saturated rings. The summed E-state index contributed by atoms with van der Waals surface area (Å²) in [6.07, 6.45) is 2.00. The SMILES string of the molecule is CCCNC1CC(Oc2ccc(F)cc2)C1OCCOC. The minimum Gasteiger partial charge on any atom is -0.488 e. The zero-order valence-electron chi connectivity index (χ0n) is 12.7. The summed E-state index contributed by atoms with van der Waals surface area (Å²) < 4.78 is 29.7. The molecule has 0 spiro atoms. The van der Waals surface area contributed by atoms with Gasteiger partial charge in [-0.15, -0.1) is 0 Å². The van der Waals surface area contributed by atoms with Gasteiger partial charge in [0, 0.05) is 19.6 Å². The number of benzene rings is 1. The van der Waals surface area contributed by atoms with Crippen molar-refractivity contribution in [2.45, 2.75) is 38.0 Å². The van der Waals surface area contributed by atoms with Gasteiger partial charge in [0.25, 0.3) is 0 Å². The molecule has 21 heavy (non-hydrogen) atoms. The minimum absolute atomic E-state index is 0.00155. The summed E-state index contributed by atoms with van der Waals surface area (Å²) in [6, 6.07) is 6.42. The van der Waals surface area contributed by atoms with Gasteiger partial charge in [0.2, 0.25) is 0 Å². The molecule has 0 aromatic heterocycles. The van der Waals surface area contributed by atoms with Gasteiger partial charge in [-0.1, -0.05) is 6.92 Å². The van der Waals surface area contributed by atoms with Crippen LogP contribution in [0.4, 0.5) is 4.39 Å². The van der Waals surface area contributed by atoms with E-state index in [-0.39, 0.29) is 18.0 Å². The summed E-state index contributed by atoms with van der Waals surface area (Å²) in [5.41, 5.74) is 0. The van der Waals surface area contributed by atoms with Gasteiger partial charge in [-0.3, -0.25) is 0 Å².